The Kier molecular flexibility index (Phi) is 4.89. The van der Waals surface area contributed by atoms with Crippen LogP contribution < -0.4 is 16.0 Å². The second-order valence-corrected chi connectivity index (χ2v) is 7.17. The molecule has 9 nitrogen and oxygen atoms in total. The number of aryl methyl sites for hydroxylation is 1. The van der Waals surface area contributed by atoms with Crippen LogP contribution in [0.5, 0.6) is 0 Å². The number of amides is 2. The summed E-state index contributed by atoms with van der Waals surface area (Å²) >= 11 is 0. The van der Waals surface area contributed by atoms with Gasteiger partial charge in [-0.25, -0.2) is 4.68 Å². The lowest BCUT2D eigenvalue weighted by Gasteiger charge is -2.34. The fraction of sp³-hybridized carbons (Fsp3) is 0.300. The SMILES string of the molecule is Cc1cc(NC(=O)c2cc(-c3ccccc3)on2)n(C2NC(=O)C(C)C(C)N2)n1. The number of carbonyl (C=O) groups excluding carboxylic acids is 2. The minimum Gasteiger partial charge on any atom is -0.355 e. The molecule has 0 spiro atoms. The first-order chi connectivity index (χ1) is 13.9. The van der Waals surface area contributed by atoms with Crippen molar-refractivity contribution >= 4 is 17.6 Å². The fourth-order valence-electron chi connectivity index (χ4n) is 3.17. The van der Waals surface area contributed by atoms with Gasteiger partial charge < -0.3 is 15.2 Å². The lowest BCUT2D eigenvalue weighted by atomic mass is 10.0. The summed E-state index contributed by atoms with van der Waals surface area (Å²) in [7, 11) is 0. The summed E-state index contributed by atoms with van der Waals surface area (Å²) in [6.07, 6.45) is -0.560. The predicted octanol–water partition coefficient (Wildman–Crippen LogP) is 2.30. The third-order valence-corrected chi connectivity index (χ3v) is 5.01. The molecule has 29 heavy (non-hydrogen) atoms. The minimum atomic E-state index is -0.560. The molecule has 1 aromatic carbocycles. The van der Waals surface area contributed by atoms with Crippen molar-refractivity contribution in [3.63, 3.8) is 0 Å². The standard InChI is InChI=1S/C20H22N6O3/c1-11-9-17(26(24-11)20-21-13(3)12(2)18(27)23-20)22-19(28)15-10-16(29-25-15)14-7-5-4-6-8-14/h4-10,12-13,20-21H,1-3H3,(H,22,28)(H,23,27). The van der Waals surface area contributed by atoms with Crippen molar-refractivity contribution in [3.05, 3.63) is 53.9 Å². The first-order valence-electron chi connectivity index (χ1n) is 9.38. The van der Waals surface area contributed by atoms with Gasteiger partial charge in [0.1, 0.15) is 5.82 Å². The number of carbonyl (C=O) groups is 2. The van der Waals surface area contributed by atoms with E-state index in [9.17, 15) is 9.59 Å². The summed E-state index contributed by atoms with van der Waals surface area (Å²) in [4.78, 5) is 24.9. The van der Waals surface area contributed by atoms with Crippen molar-refractivity contribution in [3.8, 4) is 11.3 Å². The maximum Gasteiger partial charge on any atom is 0.279 e. The Labute approximate surface area is 167 Å². The quantitative estimate of drug-likeness (QED) is 0.626. The molecule has 3 atom stereocenters. The van der Waals surface area contributed by atoms with E-state index in [1.54, 1.807) is 16.8 Å². The third-order valence-electron chi connectivity index (χ3n) is 5.01. The highest BCUT2D eigenvalue weighted by atomic mass is 16.5. The van der Waals surface area contributed by atoms with E-state index < -0.39 is 12.2 Å². The highest BCUT2D eigenvalue weighted by molar-refractivity contribution is 6.02. The van der Waals surface area contributed by atoms with Gasteiger partial charge in [-0.3, -0.25) is 14.9 Å². The van der Waals surface area contributed by atoms with Crippen molar-refractivity contribution in [1.82, 2.24) is 25.6 Å². The zero-order valence-electron chi connectivity index (χ0n) is 16.3. The highest BCUT2D eigenvalue weighted by Gasteiger charge is 2.32. The number of anilines is 1. The Balaban J connectivity index is 1.54. The van der Waals surface area contributed by atoms with Crippen LogP contribution in [0.2, 0.25) is 0 Å². The number of aromatic nitrogens is 3. The zero-order chi connectivity index (χ0) is 20.5. The molecule has 1 saturated heterocycles. The smallest absolute Gasteiger partial charge is 0.279 e. The molecule has 1 aliphatic rings. The zero-order valence-corrected chi connectivity index (χ0v) is 16.3. The predicted molar refractivity (Wildman–Crippen MR) is 106 cm³/mol. The normalized spacial score (nSPS) is 21.6. The molecule has 3 unspecified atom stereocenters. The molecule has 3 N–H and O–H groups in total. The molecule has 1 aliphatic heterocycles. The van der Waals surface area contributed by atoms with E-state index in [1.807, 2.05) is 51.1 Å². The molecule has 0 bridgehead atoms. The van der Waals surface area contributed by atoms with Crippen LogP contribution in [0.25, 0.3) is 11.3 Å². The first kappa shape index (κ1) is 18.9. The Morgan fingerprint density at radius 2 is 1.97 bits per heavy atom. The minimum absolute atomic E-state index is 0.0363. The van der Waals surface area contributed by atoms with E-state index in [2.05, 4.69) is 26.2 Å². The van der Waals surface area contributed by atoms with Gasteiger partial charge in [0.15, 0.2) is 17.7 Å². The van der Waals surface area contributed by atoms with Gasteiger partial charge in [-0.1, -0.05) is 42.4 Å². The summed E-state index contributed by atoms with van der Waals surface area (Å²) in [5.41, 5.74) is 1.68. The number of rotatable bonds is 4. The van der Waals surface area contributed by atoms with Gasteiger partial charge in [-0.05, 0) is 13.8 Å². The van der Waals surface area contributed by atoms with E-state index in [1.165, 1.54) is 0 Å². The summed E-state index contributed by atoms with van der Waals surface area (Å²) in [5, 5.41) is 17.2. The molecule has 4 rings (SSSR count). The van der Waals surface area contributed by atoms with Gasteiger partial charge in [-0.15, -0.1) is 0 Å². The molecule has 0 aliphatic carbocycles. The van der Waals surface area contributed by atoms with Gasteiger partial charge in [0.2, 0.25) is 5.91 Å². The van der Waals surface area contributed by atoms with Crippen molar-refractivity contribution in [2.75, 3.05) is 5.32 Å². The Morgan fingerprint density at radius 1 is 1.21 bits per heavy atom. The molecule has 2 amide bonds. The lowest BCUT2D eigenvalue weighted by molar-refractivity contribution is -0.130. The summed E-state index contributed by atoms with van der Waals surface area (Å²) in [5.74, 6) is 0.282. The average Bonchev–Trinajstić information content (AvgIpc) is 3.33. The maximum atomic E-state index is 12.7. The third kappa shape index (κ3) is 3.77. The number of nitrogens with zero attached hydrogens (tertiary/aromatic N) is 3. The van der Waals surface area contributed by atoms with E-state index in [0.717, 1.165) is 5.56 Å². The Bertz CT molecular complexity index is 1040. The summed E-state index contributed by atoms with van der Waals surface area (Å²) < 4.78 is 6.85. The Hall–Kier alpha value is -3.46. The van der Waals surface area contributed by atoms with Gasteiger partial charge in [0.25, 0.3) is 5.91 Å². The van der Waals surface area contributed by atoms with Crippen LogP contribution >= 0.6 is 0 Å². The molecule has 9 heteroatoms. The second-order valence-electron chi connectivity index (χ2n) is 7.17. The van der Waals surface area contributed by atoms with E-state index >= 15 is 0 Å². The van der Waals surface area contributed by atoms with Crippen LogP contribution in [0.4, 0.5) is 5.82 Å². The summed E-state index contributed by atoms with van der Waals surface area (Å²) in [6.45, 7) is 5.60. The molecule has 0 saturated carbocycles. The molecule has 3 heterocycles. The van der Waals surface area contributed by atoms with Crippen LogP contribution in [-0.4, -0.2) is 32.8 Å². The van der Waals surface area contributed by atoms with E-state index in [4.69, 9.17) is 4.52 Å². The van der Waals surface area contributed by atoms with Crippen LogP contribution in [0, 0.1) is 12.8 Å². The highest BCUT2D eigenvalue weighted by Crippen LogP contribution is 2.22. The number of nitrogens with one attached hydrogen (secondary N) is 3. The molecule has 150 valence electrons. The van der Waals surface area contributed by atoms with Gasteiger partial charge in [0, 0.05) is 23.7 Å². The van der Waals surface area contributed by atoms with Crippen molar-refractivity contribution in [2.24, 2.45) is 5.92 Å². The van der Waals surface area contributed by atoms with Crippen molar-refractivity contribution < 1.29 is 14.1 Å². The van der Waals surface area contributed by atoms with Gasteiger partial charge in [-0.2, -0.15) is 5.10 Å². The van der Waals surface area contributed by atoms with E-state index in [-0.39, 0.29) is 23.6 Å². The lowest BCUT2D eigenvalue weighted by Crippen LogP contribution is -2.57. The molecule has 0 radical (unpaired) electrons. The van der Waals surface area contributed by atoms with Gasteiger partial charge >= 0.3 is 0 Å². The van der Waals surface area contributed by atoms with Crippen LogP contribution in [0.3, 0.4) is 0 Å². The molecule has 2 aromatic heterocycles. The van der Waals surface area contributed by atoms with Crippen molar-refractivity contribution in [2.45, 2.75) is 33.1 Å². The number of hydrogen-bond donors (Lipinski definition) is 3. The van der Waals surface area contributed by atoms with Crippen molar-refractivity contribution in [1.29, 1.82) is 0 Å². The number of hydrogen-bond acceptors (Lipinski definition) is 6. The largest absolute Gasteiger partial charge is 0.355 e. The fourth-order valence-corrected chi connectivity index (χ4v) is 3.17. The van der Waals surface area contributed by atoms with Gasteiger partial charge in [0.05, 0.1) is 11.6 Å². The van der Waals surface area contributed by atoms with Crippen LogP contribution in [-0.2, 0) is 4.79 Å². The molecule has 1 fully saturated rings. The molecular formula is C20H22N6O3. The number of benzene rings is 1. The summed E-state index contributed by atoms with van der Waals surface area (Å²) in [6, 6.07) is 12.7. The van der Waals surface area contributed by atoms with Crippen LogP contribution in [0.15, 0.2) is 47.0 Å². The Morgan fingerprint density at radius 3 is 2.69 bits per heavy atom. The molecular weight excluding hydrogens is 372 g/mol. The monoisotopic (exact) mass is 394 g/mol. The first-order valence-corrected chi connectivity index (χ1v) is 9.38. The second kappa shape index (κ2) is 7.51. The average molecular weight is 394 g/mol. The maximum absolute atomic E-state index is 12.7. The molecule has 3 aromatic rings. The van der Waals surface area contributed by atoms with E-state index in [0.29, 0.717) is 17.3 Å². The van der Waals surface area contributed by atoms with Crippen LogP contribution in [0.1, 0.15) is 36.3 Å². The topological polar surface area (TPSA) is 114 Å².